The Morgan fingerprint density at radius 2 is 1.69 bits per heavy atom. The van der Waals surface area contributed by atoms with Crippen molar-refractivity contribution >= 4 is 0 Å². The Morgan fingerprint density at radius 3 is 2.25 bits per heavy atom. The largest absolute Gasteiger partial charge is 0.391 e. The minimum absolute atomic E-state index is 0.0148. The molecule has 1 saturated heterocycles. The molecule has 16 heavy (non-hydrogen) atoms. The van der Waals surface area contributed by atoms with Crippen LogP contribution in [0.4, 0.5) is 0 Å². The zero-order valence-electron chi connectivity index (χ0n) is 10.9. The molecule has 2 fully saturated rings. The lowest BCUT2D eigenvalue weighted by Crippen LogP contribution is -2.51. The van der Waals surface area contributed by atoms with E-state index in [1.54, 1.807) is 0 Å². The van der Waals surface area contributed by atoms with Gasteiger partial charge in [0.25, 0.3) is 0 Å². The molecule has 1 unspecified atom stereocenters. The molecule has 0 amide bonds. The highest BCUT2D eigenvalue weighted by atomic mass is 16.3. The molecular formula is C14H27NO. The van der Waals surface area contributed by atoms with Crippen LogP contribution in [0.5, 0.6) is 0 Å². The van der Waals surface area contributed by atoms with Crippen LogP contribution in [0.2, 0.25) is 0 Å². The van der Waals surface area contributed by atoms with E-state index in [-0.39, 0.29) is 11.6 Å². The van der Waals surface area contributed by atoms with Crippen molar-refractivity contribution < 1.29 is 5.11 Å². The highest BCUT2D eigenvalue weighted by Gasteiger charge is 2.37. The van der Waals surface area contributed by atoms with Crippen LogP contribution in [-0.2, 0) is 0 Å². The predicted octanol–water partition coefficient (Wildman–Crippen LogP) is 2.80. The smallest absolute Gasteiger partial charge is 0.0721 e. The van der Waals surface area contributed by atoms with Crippen molar-refractivity contribution in [2.75, 3.05) is 13.1 Å². The maximum Gasteiger partial charge on any atom is 0.0721 e. The lowest BCUT2D eigenvalue weighted by atomic mass is 9.87. The van der Waals surface area contributed by atoms with Gasteiger partial charge in [0, 0.05) is 5.54 Å². The highest BCUT2D eigenvalue weighted by Crippen LogP contribution is 2.33. The molecule has 1 aliphatic heterocycles. The lowest BCUT2D eigenvalue weighted by Gasteiger charge is -2.40. The fraction of sp³-hybridized carbons (Fsp3) is 1.00. The van der Waals surface area contributed by atoms with Crippen LogP contribution in [0.3, 0.4) is 0 Å². The van der Waals surface area contributed by atoms with Gasteiger partial charge in [0.1, 0.15) is 0 Å². The quantitative estimate of drug-likeness (QED) is 0.795. The van der Waals surface area contributed by atoms with Gasteiger partial charge in [-0.05, 0) is 52.1 Å². The predicted molar refractivity (Wildman–Crippen MR) is 67.5 cm³/mol. The van der Waals surface area contributed by atoms with Crippen molar-refractivity contribution in [2.24, 2.45) is 5.92 Å². The van der Waals surface area contributed by atoms with E-state index in [9.17, 15) is 5.11 Å². The first kappa shape index (κ1) is 12.4. The Hall–Kier alpha value is -0.0800. The Labute approximate surface area is 100 Å². The van der Waals surface area contributed by atoms with Crippen molar-refractivity contribution in [1.82, 2.24) is 4.90 Å². The Bertz CT molecular complexity index is 215. The van der Waals surface area contributed by atoms with Gasteiger partial charge in [-0.1, -0.05) is 25.7 Å². The maximum atomic E-state index is 10.5. The molecule has 1 aliphatic carbocycles. The molecule has 2 rings (SSSR count). The first-order valence-electron chi connectivity index (χ1n) is 7.04. The monoisotopic (exact) mass is 225 g/mol. The molecule has 0 bridgehead atoms. The number of likely N-dealkylation sites (tertiary alicyclic amines) is 1. The number of aliphatic hydroxyl groups excluding tert-OH is 1. The summed E-state index contributed by atoms with van der Waals surface area (Å²) in [6.45, 7) is 6.79. The van der Waals surface area contributed by atoms with Gasteiger partial charge in [0.05, 0.1) is 6.10 Å². The van der Waals surface area contributed by atoms with Gasteiger partial charge in [-0.3, -0.25) is 4.90 Å². The van der Waals surface area contributed by atoms with Gasteiger partial charge in [0.15, 0.2) is 0 Å². The average molecular weight is 225 g/mol. The van der Waals surface area contributed by atoms with Gasteiger partial charge in [-0.2, -0.15) is 0 Å². The van der Waals surface area contributed by atoms with Gasteiger partial charge < -0.3 is 5.11 Å². The van der Waals surface area contributed by atoms with Gasteiger partial charge >= 0.3 is 0 Å². The molecule has 0 aromatic carbocycles. The van der Waals surface area contributed by atoms with E-state index in [0.29, 0.717) is 0 Å². The van der Waals surface area contributed by atoms with Crippen LogP contribution in [0.15, 0.2) is 0 Å². The fourth-order valence-corrected chi connectivity index (χ4v) is 3.35. The second-order valence-electron chi connectivity index (χ2n) is 6.25. The van der Waals surface area contributed by atoms with Crippen LogP contribution in [0, 0.1) is 5.92 Å². The second kappa shape index (κ2) is 5.05. The van der Waals surface area contributed by atoms with E-state index in [0.717, 1.165) is 12.3 Å². The summed E-state index contributed by atoms with van der Waals surface area (Å²) in [5, 5.41) is 10.5. The maximum absolute atomic E-state index is 10.5. The normalized spacial score (nSPS) is 26.4. The van der Waals surface area contributed by atoms with Crippen molar-refractivity contribution in [2.45, 2.75) is 70.4 Å². The van der Waals surface area contributed by atoms with Gasteiger partial charge in [-0.15, -0.1) is 0 Å². The van der Waals surface area contributed by atoms with Crippen LogP contribution >= 0.6 is 0 Å². The molecule has 0 radical (unpaired) electrons. The third-order valence-electron chi connectivity index (χ3n) is 4.77. The summed E-state index contributed by atoms with van der Waals surface area (Å²) >= 11 is 0. The Balaban J connectivity index is 1.87. The first-order chi connectivity index (χ1) is 7.60. The van der Waals surface area contributed by atoms with Crippen molar-refractivity contribution in [3.05, 3.63) is 0 Å². The second-order valence-corrected chi connectivity index (χ2v) is 6.25. The van der Waals surface area contributed by atoms with E-state index < -0.39 is 0 Å². The summed E-state index contributed by atoms with van der Waals surface area (Å²) in [5.74, 6) is 0.789. The van der Waals surface area contributed by atoms with Crippen LogP contribution in [0.25, 0.3) is 0 Å². The molecule has 0 aromatic rings. The van der Waals surface area contributed by atoms with E-state index >= 15 is 0 Å². The number of nitrogens with zero attached hydrogens (tertiary/aromatic N) is 1. The molecular weight excluding hydrogens is 198 g/mol. The fourth-order valence-electron chi connectivity index (χ4n) is 3.35. The third-order valence-corrected chi connectivity index (χ3v) is 4.77. The summed E-state index contributed by atoms with van der Waals surface area (Å²) in [4.78, 5) is 2.48. The van der Waals surface area contributed by atoms with Crippen LogP contribution in [-0.4, -0.2) is 34.7 Å². The molecule has 0 aromatic heterocycles. The van der Waals surface area contributed by atoms with Crippen molar-refractivity contribution in [3.8, 4) is 0 Å². The van der Waals surface area contributed by atoms with Crippen LogP contribution in [0.1, 0.15) is 58.8 Å². The lowest BCUT2D eigenvalue weighted by molar-refractivity contribution is -0.0105. The van der Waals surface area contributed by atoms with Gasteiger partial charge in [-0.25, -0.2) is 0 Å². The molecule has 2 nitrogen and oxygen atoms in total. The highest BCUT2D eigenvalue weighted by molar-refractivity contribution is 4.92. The Morgan fingerprint density at radius 1 is 1.12 bits per heavy atom. The Kier molecular flexibility index (Phi) is 3.91. The standard InChI is InChI=1S/C14H27NO/c1-14(2,15-9-5-6-10-15)13(16)11-12-7-3-4-8-12/h12-13,16H,3-11H2,1-2H3. The SMILES string of the molecule is CC(C)(C(O)CC1CCCC1)N1CCCC1. The molecule has 1 atom stereocenters. The molecule has 2 aliphatic rings. The number of hydrogen-bond donors (Lipinski definition) is 1. The van der Waals surface area contributed by atoms with Gasteiger partial charge in [0.2, 0.25) is 0 Å². The molecule has 2 heteroatoms. The number of rotatable bonds is 4. The van der Waals surface area contributed by atoms with Crippen molar-refractivity contribution in [3.63, 3.8) is 0 Å². The summed E-state index contributed by atoms with van der Waals surface area (Å²) in [6.07, 6.45) is 8.92. The zero-order valence-corrected chi connectivity index (χ0v) is 10.9. The average Bonchev–Trinajstić information content (AvgIpc) is 2.89. The molecule has 1 heterocycles. The molecule has 94 valence electrons. The molecule has 0 spiro atoms. The van der Waals surface area contributed by atoms with E-state index in [2.05, 4.69) is 18.7 Å². The molecule has 1 N–H and O–H groups in total. The first-order valence-corrected chi connectivity index (χ1v) is 7.04. The van der Waals surface area contributed by atoms with Crippen molar-refractivity contribution in [1.29, 1.82) is 0 Å². The zero-order chi connectivity index (χ0) is 11.6. The minimum atomic E-state index is -0.145. The topological polar surface area (TPSA) is 23.5 Å². The van der Waals surface area contributed by atoms with E-state index in [1.165, 1.54) is 51.6 Å². The number of hydrogen-bond acceptors (Lipinski definition) is 2. The third kappa shape index (κ3) is 2.60. The summed E-state index contributed by atoms with van der Waals surface area (Å²) in [6, 6.07) is 0. The van der Waals surface area contributed by atoms with Crippen LogP contribution < -0.4 is 0 Å². The number of aliphatic hydroxyl groups is 1. The molecule has 1 saturated carbocycles. The van der Waals surface area contributed by atoms with E-state index in [1.807, 2.05) is 0 Å². The summed E-state index contributed by atoms with van der Waals surface area (Å²) in [7, 11) is 0. The minimum Gasteiger partial charge on any atom is -0.391 e. The summed E-state index contributed by atoms with van der Waals surface area (Å²) in [5.41, 5.74) is -0.0148. The van der Waals surface area contributed by atoms with E-state index in [4.69, 9.17) is 0 Å². The summed E-state index contributed by atoms with van der Waals surface area (Å²) < 4.78 is 0.